The Balaban J connectivity index is 0.000000405. The van der Waals surface area contributed by atoms with E-state index < -0.39 is 6.16 Å². The summed E-state index contributed by atoms with van der Waals surface area (Å²) in [6.45, 7) is 0.816. The lowest BCUT2D eigenvalue weighted by molar-refractivity contribution is -0.166. The number of halogens is 1. The number of rotatable bonds is 0. The van der Waals surface area contributed by atoms with Gasteiger partial charge in [-0.2, -0.15) is 0 Å². The summed E-state index contributed by atoms with van der Waals surface area (Å²) in [5, 5.41) is 1.53. The first-order valence-corrected chi connectivity index (χ1v) is 2.51. The van der Waals surface area contributed by atoms with E-state index in [0.717, 1.165) is 13.0 Å². The Hall–Kier alpha value is -0.480. The van der Waals surface area contributed by atoms with E-state index in [1.807, 2.05) is 0 Å². The smallest absolute Gasteiger partial charge is 0.411 e. The minimum absolute atomic E-state index is 0. The van der Waals surface area contributed by atoms with Crippen LogP contribution in [-0.2, 0) is 9.57 Å². The van der Waals surface area contributed by atoms with Gasteiger partial charge in [0.2, 0.25) is 0 Å². The average Bonchev–Trinajstić information content (AvgIpc) is 1.91. The molecule has 0 aliphatic carbocycles. The second-order valence-electron chi connectivity index (χ2n) is 1.84. The summed E-state index contributed by atoms with van der Waals surface area (Å²) in [5.41, 5.74) is 0. The fraction of sp³-hybridized carbons (Fsp3) is 0.750. The summed E-state index contributed by atoms with van der Waals surface area (Å²) in [7, 11) is 0. The van der Waals surface area contributed by atoms with Gasteiger partial charge < -0.3 is 9.57 Å². The number of carbonyl (C=O) groups is 1. The Labute approximate surface area is 58.1 Å². The summed E-state index contributed by atoms with van der Waals surface area (Å²) in [6.07, 6.45) is 0.279. The summed E-state index contributed by atoms with van der Waals surface area (Å²) in [4.78, 5) is 14.8. The molecule has 1 atom stereocenters. The van der Waals surface area contributed by atoms with Crippen molar-refractivity contribution in [3.63, 3.8) is 0 Å². The van der Waals surface area contributed by atoms with Gasteiger partial charge in [0.05, 0.1) is 0 Å². The maximum Gasteiger partial charge on any atom is 0.529 e. The first kappa shape index (κ1) is 6.64. The summed E-state index contributed by atoms with van der Waals surface area (Å²) in [6, 6.07) is 0. The second kappa shape index (κ2) is 2.04. The maximum atomic E-state index is 10.2. The molecule has 0 aromatic carbocycles. The number of nitrogens with zero attached hydrogens (tertiary/aromatic N) is 1. The van der Waals surface area contributed by atoms with Gasteiger partial charge in [0, 0.05) is 13.0 Å². The van der Waals surface area contributed by atoms with E-state index in [1.54, 1.807) is 0 Å². The average molecular weight is 152 g/mol. The monoisotopic (exact) mass is 151 g/mol. The third-order valence-corrected chi connectivity index (χ3v) is 1.34. The van der Waals surface area contributed by atoms with Crippen molar-refractivity contribution in [3.8, 4) is 0 Å². The number of hydroxylamine groups is 2. The van der Waals surface area contributed by atoms with E-state index in [9.17, 15) is 4.79 Å². The lowest BCUT2D eigenvalue weighted by atomic mass is 10.2. The van der Waals surface area contributed by atoms with Crippen molar-refractivity contribution >= 4 is 18.6 Å². The van der Waals surface area contributed by atoms with Crippen LogP contribution in [0.15, 0.2) is 0 Å². The molecule has 0 aromatic heterocycles. The molecule has 2 aliphatic rings. The van der Waals surface area contributed by atoms with Crippen molar-refractivity contribution in [3.05, 3.63) is 0 Å². The molecular formula is C4H6ClNO3. The summed E-state index contributed by atoms with van der Waals surface area (Å²) >= 11 is 0. The molecule has 0 N–H and O–H groups in total. The fourth-order valence-corrected chi connectivity index (χ4v) is 0.790. The molecule has 2 aliphatic heterocycles. The molecule has 0 radical (unpaired) electrons. The normalized spacial score (nSPS) is 31.1. The second-order valence-corrected chi connectivity index (χ2v) is 1.84. The zero-order chi connectivity index (χ0) is 5.56. The van der Waals surface area contributed by atoms with Crippen LogP contribution in [0.3, 0.4) is 0 Å². The largest absolute Gasteiger partial charge is 0.529 e. The van der Waals surface area contributed by atoms with Crippen molar-refractivity contribution in [2.24, 2.45) is 0 Å². The topological polar surface area (TPSA) is 38.8 Å². The minimum Gasteiger partial charge on any atom is -0.411 e. The maximum absolute atomic E-state index is 10.2. The third kappa shape index (κ3) is 0.840. The quantitative estimate of drug-likeness (QED) is 0.474. The molecule has 2 rings (SSSR count). The van der Waals surface area contributed by atoms with Crippen LogP contribution in [0.5, 0.6) is 0 Å². The highest BCUT2D eigenvalue weighted by molar-refractivity contribution is 5.85. The molecule has 0 spiro atoms. The fourth-order valence-electron chi connectivity index (χ4n) is 0.790. The molecule has 5 heteroatoms. The number of carbonyl (C=O) groups excluding carboxylic acids is 1. The van der Waals surface area contributed by atoms with E-state index in [1.165, 1.54) is 5.06 Å². The molecule has 2 heterocycles. The summed E-state index contributed by atoms with van der Waals surface area (Å²) < 4.78 is 4.62. The van der Waals surface area contributed by atoms with Crippen LogP contribution in [-0.4, -0.2) is 24.0 Å². The van der Waals surface area contributed by atoms with Crippen molar-refractivity contribution in [1.29, 1.82) is 0 Å². The summed E-state index contributed by atoms with van der Waals surface area (Å²) in [5.74, 6) is 0. The molecular weight excluding hydrogens is 146 g/mol. The molecule has 0 amide bonds. The Morgan fingerprint density at radius 3 is 2.67 bits per heavy atom. The van der Waals surface area contributed by atoms with Gasteiger partial charge in [-0.15, -0.1) is 12.4 Å². The van der Waals surface area contributed by atoms with Crippen LogP contribution in [0.4, 0.5) is 4.79 Å². The molecule has 0 aromatic rings. The van der Waals surface area contributed by atoms with E-state index in [-0.39, 0.29) is 18.6 Å². The Bertz CT molecular complexity index is 126. The third-order valence-electron chi connectivity index (χ3n) is 1.34. The first-order valence-electron chi connectivity index (χ1n) is 2.51. The highest BCUT2D eigenvalue weighted by atomic mass is 35.5. The van der Waals surface area contributed by atoms with Gasteiger partial charge >= 0.3 is 6.16 Å². The van der Waals surface area contributed by atoms with Gasteiger partial charge in [-0.05, 0) is 0 Å². The van der Waals surface area contributed by atoms with E-state index in [2.05, 4.69) is 9.57 Å². The minimum atomic E-state index is -0.562. The number of hydrogen-bond acceptors (Lipinski definition) is 4. The highest BCUT2D eigenvalue weighted by Crippen LogP contribution is 2.25. The molecule has 1 unspecified atom stereocenters. The Morgan fingerprint density at radius 1 is 1.67 bits per heavy atom. The van der Waals surface area contributed by atoms with Crippen molar-refractivity contribution in [2.45, 2.75) is 12.6 Å². The molecule has 0 saturated carbocycles. The predicted octanol–water partition coefficient (Wildman–Crippen LogP) is 0.522. The molecule has 52 valence electrons. The molecule has 9 heavy (non-hydrogen) atoms. The standard InChI is InChI=1S/C4H5NO3.ClH/c6-4-7-3-1-2-5(3)8-4;/h3H,1-2H2;1H. The van der Waals surface area contributed by atoms with Gasteiger partial charge in [0.1, 0.15) is 0 Å². The van der Waals surface area contributed by atoms with Gasteiger partial charge in [-0.25, -0.2) is 4.79 Å². The molecule has 0 bridgehead atoms. The molecule has 2 fully saturated rings. The van der Waals surface area contributed by atoms with Crippen molar-refractivity contribution < 1.29 is 14.4 Å². The van der Waals surface area contributed by atoms with E-state index in [0.29, 0.717) is 0 Å². The van der Waals surface area contributed by atoms with Crippen LogP contribution in [0.2, 0.25) is 0 Å². The van der Waals surface area contributed by atoms with Gasteiger partial charge in [0.25, 0.3) is 0 Å². The predicted molar refractivity (Wildman–Crippen MR) is 29.9 cm³/mol. The van der Waals surface area contributed by atoms with Crippen molar-refractivity contribution in [1.82, 2.24) is 5.06 Å². The zero-order valence-electron chi connectivity index (χ0n) is 4.57. The highest BCUT2D eigenvalue weighted by Gasteiger charge is 2.41. The van der Waals surface area contributed by atoms with E-state index in [4.69, 9.17) is 0 Å². The van der Waals surface area contributed by atoms with Crippen molar-refractivity contribution in [2.75, 3.05) is 6.54 Å². The van der Waals surface area contributed by atoms with Gasteiger partial charge in [-0.3, -0.25) is 0 Å². The number of hydrogen-bond donors (Lipinski definition) is 0. The van der Waals surface area contributed by atoms with Gasteiger partial charge in [-0.1, -0.05) is 5.06 Å². The lowest BCUT2D eigenvalue weighted by Gasteiger charge is -2.26. The number of fused-ring (bicyclic) bond motifs is 1. The van der Waals surface area contributed by atoms with Crippen LogP contribution in [0.1, 0.15) is 6.42 Å². The zero-order valence-corrected chi connectivity index (χ0v) is 5.39. The molecule has 4 nitrogen and oxygen atoms in total. The lowest BCUT2D eigenvalue weighted by Crippen LogP contribution is -2.42. The molecule has 2 saturated heterocycles. The first-order chi connectivity index (χ1) is 3.86. The van der Waals surface area contributed by atoms with Gasteiger partial charge in [0.15, 0.2) is 6.23 Å². The van der Waals surface area contributed by atoms with E-state index >= 15 is 0 Å². The Kier molecular flexibility index (Phi) is 1.50. The van der Waals surface area contributed by atoms with Crippen LogP contribution in [0.25, 0.3) is 0 Å². The Morgan fingerprint density at radius 2 is 2.44 bits per heavy atom. The van der Waals surface area contributed by atoms with Crippen LogP contribution < -0.4 is 0 Å². The number of ether oxygens (including phenoxy) is 1. The van der Waals surface area contributed by atoms with Crippen LogP contribution >= 0.6 is 12.4 Å². The SMILES string of the molecule is Cl.O=C1OC2CCN2O1. The van der Waals surface area contributed by atoms with Crippen LogP contribution in [0, 0.1) is 0 Å².